The predicted molar refractivity (Wildman–Crippen MR) is 92.8 cm³/mol. The zero-order chi connectivity index (χ0) is 16.6. The van der Waals surface area contributed by atoms with Crippen LogP contribution in [0.15, 0.2) is 45.6 Å². The maximum Gasteiger partial charge on any atom is 0.336 e. The molecule has 118 valence electrons. The van der Waals surface area contributed by atoms with E-state index < -0.39 is 5.63 Å². The van der Waals surface area contributed by atoms with Crippen LogP contribution in [0.4, 0.5) is 0 Å². The van der Waals surface area contributed by atoms with Crippen LogP contribution >= 0.6 is 23.2 Å². The molecule has 0 saturated carbocycles. The first-order valence-electron chi connectivity index (χ1n) is 7.06. The molecule has 3 aromatic rings. The minimum atomic E-state index is -0.401. The molecule has 1 heterocycles. The van der Waals surface area contributed by atoms with Crippen LogP contribution in [-0.2, 0) is 6.61 Å². The Morgan fingerprint density at radius 2 is 1.87 bits per heavy atom. The van der Waals surface area contributed by atoms with E-state index in [1.54, 1.807) is 18.2 Å². The van der Waals surface area contributed by atoms with Gasteiger partial charge in [0.05, 0.1) is 5.02 Å². The minimum absolute atomic E-state index is 0.199. The molecule has 0 bridgehead atoms. The maximum atomic E-state index is 11.8. The van der Waals surface area contributed by atoms with E-state index in [1.807, 2.05) is 26.0 Å². The smallest absolute Gasteiger partial charge is 0.336 e. The highest BCUT2D eigenvalue weighted by Crippen LogP contribution is 2.29. The van der Waals surface area contributed by atoms with Crippen LogP contribution in [0.25, 0.3) is 11.0 Å². The van der Waals surface area contributed by atoms with Gasteiger partial charge >= 0.3 is 5.63 Å². The molecule has 0 aliphatic heterocycles. The molecule has 0 unspecified atom stereocenters. The second kappa shape index (κ2) is 6.26. The van der Waals surface area contributed by atoms with Gasteiger partial charge in [0.1, 0.15) is 17.9 Å². The second-order valence-corrected chi connectivity index (χ2v) is 6.18. The molecular weight excluding hydrogens is 335 g/mol. The Balaban J connectivity index is 2.02. The van der Waals surface area contributed by atoms with Gasteiger partial charge in [-0.1, -0.05) is 35.3 Å². The van der Waals surface area contributed by atoms with E-state index in [2.05, 4.69) is 0 Å². The summed E-state index contributed by atoms with van der Waals surface area (Å²) < 4.78 is 11.1. The van der Waals surface area contributed by atoms with Gasteiger partial charge in [-0.05, 0) is 37.1 Å². The lowest BCUT2D eigenvalue weighted by molar-refractivity contribution is 0.307. The number of benzene rings is 2. The third-order valence-electron chi connectivity index (χ3n) is 3.79. The highest BCUT2D eigenvalue weighted by Gasteiger charge is 2.11. The number of aryl methyl sites for hydroxylation is 2. The Morgan fingerprint density at radius 1 is 1.09 bits per heavy atom. The molecule has 5 heteroatoms. The van der Waals surface area contributed by atoms with Gasteiger partial charge in [-0.3, -0.25) is 0 Å². The number of hydrogen-bond donors (Lipinski definition) is 0. The van der Waals surface area contributed by atoms with E-state index in [9.17, 15) is 4.79 Å². The third-order valence-corrected chi connectivity index (χ3v) is 4.34. The first-order valence-corrected chi connectivity index (χ1v) is 7.82. The summed E-state index contributed by atoms with van der Waals surface area (Å²) in [5.74, 6) is 0.476. The highest BCUT2D eigenvalue weighted by atomic mass is 35.5. The molecule has 0 amide bonds. The summed E-state index contributed by atoms with van der Waals surface area (Å²) in [5.41, 5.74) is 2.95. The quantitative estimate of drug-likeness (QED) is 0.603. The number of rotatable bonds is 3. The van der Waals surface area contributed by atoms with E-state index in [0.717, 1.165) is 22.1 Å². The average molecular weight is 349 g/mol. The Bertz CT molecular complexity index is 945. The van der Waals surface area contributed by atoms with Crippen molar-refractivity contribution < 1.29 is 9.15 Å². The van der Waals surface area contributed by atoms with Crippen LogP contribution in [-0.4, -0.2) is 0 Å². The van der Waals surface area contributed by atoms with Crippen molar-refractivity contribution in [2.75, 3.05) is 0 Å². The summed E-state index contributed by atoms with van der Waals surface area (Å²) in [6.07, 6.45) is 0. The van der Waals surface area contributed by atoms with Gasteiger partial charge in [-0.15, -0.1) is 0 Å². The van der Waals surface area contributed by atoms with Crippen molar-refractivity contribution in [1.82, 2.24) is 0 Å². The summed E-state index contributed by atoms with van der Waals surface area (Å²) in [6.45, 7) is 4.10. The molecule has 0 saturated heterocycles. The lowest BCUT2D eigenvalue weighted by atomic mass is 10.0. The standard InChI is InChI=1S/C18H14Cl2O3/c1-10-3-5-14-12(7-17(21)23-18(14)11(10)2)9-22-16-8-13(19)4-6-15(16)20/h3-8H,9H2,1-2H3. The van der Waals surface area contributed by atoms with E-state index in [4.69, 9.17) is 32.4 Å². The molecule has 0 aliphatic carbocycles. The van der Waals surface area contributed by atoms with Gasteiger partial charge in [0.2, 0.25) is 0 Å². The Morgan fingerprint density at radius 3 is 2.65 bits per heavy atom. The first-order chi connectivity index (χ1) is 11.0. The van der Waals surface area contributed by atoms with Gasteiger partial charge < -0.3 is 9.15 Å². The van der Waals surface area contributed by atoms with E-state index in [0.29, 0.717) is 21.4 Å². The second-order valence-electron chi connectivity index (χ2n) is 5.34. The monoisotopic (exact) mass is 348 g/mol. The molecule has 0 N–H and O–H groups in total. The molecule has 0 aliphatic rings. The molecule has 0 radical (unpaired) electrons. The summed E-state index contributed by atoms with van der Waals surface area (Å²) in [4.78, 5) is 11.8. The van der Waals surface area contributed by atoms with Gasteiger partial charge in [-0.2, -0.15) is 0 Å². The van der Waals surface area contributed by atoms with E-state index in [-0.39, 0.29) is 6.61 Å². The van der Waals surface area contributed by atoms with Gasteiger partial charge in [-0.25, -0.2) is 4.79 Å². The number of ether oxygens (including phenoxy) is 1. The van der Waals surface area contributed by atoms with Crippen LogP contribution in [0.3, 0.4) is 0 Å². The summed E-state index contributed by atoms with van der Waals surface area (Å²) in [7, 11) is 0. The number of halogens is 2. The van der Waals surface area contributed by atoms with Crippen molar-refractivity contribution in [1.29, 1.82) is 0 Å². The summed E-state index contributed by atoms with van der Waals surface area (Å²) in [6, 6.07) is 10.4. The normalized spacial score (nSPS) is 11.0. The molecule has 0 fully saturated rings. The lowest BCUT2D eigenvalue weighted by Gasteiger charge is -2.11. The maximum absolute atomic E-state index is 11.8. The summed E-state index contributed by atoms with van der Waals surface area (Å²) in [5, 5.41) is 1.85. The lowest BCUT2D eigenvalue weighted by Crippen LogP contribution is -2.05. The van der Waals surface area contributed by atoms with Crippen molar-refractivity contribution in [3.63, 3.8) is 0 Å². The largest absolute Gasteiger partial charge is 0.487 e. The fourth-order valence-corrected chi connectivity index (χ4v) is 2.72. The molecule has 23 heavy (non-hydrogen) atoms. The first kappa shape index (κ1) is 15.9. The van der Waals surface area contributed by atoms with Gasteiger partial charge in [0.15, 0.2) is 0 Å². The molecular formula is C18H14Cl2O3. The molecule has 0 atom stereocenters. The fraction of sp³-hybridized carbons (Fsp3) is 0.167. The van der Waals surface area contributed by atoms with Gasteiger partial charge in [0.25, 0.3) is 0 Å². The predicted octanol–water partition coefficient (Wildman–Crippen LogP) is 5.30. The van der Waals surface area contributed by atoms with Crippen LogP contribution in [0.2, 0.25) is 10.0 Å². The van der Waals surface area contributed by atoms with Crippen molar-refractivity contribution in [3.05, 3.63) is 73.6 Å². The minimum Gasteiger partial charge on any atom is -0.487 e. The Labute approximate surface area is 143 Å². The van der Waals surface area contributed by atoms with Crippen molar-refractivity contribution in [3.8, 4) is 5.75 Å². The van der Waals surface area contributed by atoms with Crippen molar-refractivity contribution in [2.24, 2.45) is 0 Å². The molecule has 3 rings (SSSR count). The average Bonchev–Trinajstić information content (AvgIpc) is 2.52. The van der Waals surface area contributed by atoms with Gasteiger partial charge in [0, 0.05) is 28.1 Å². The Hall–Kier alpha value is -1.97. The van der Waals surface area contributed by atoms with Crippen LogP contribution in [0.1, 0.15) is 16.7 Å². The molecule has 3 nitrogen and oxygen atoms in total. The van der Waals surface area contributed by atoms with Crippen LogP contribution in [0, 0.1) is 13.8 Å². The highest BCUT2D eigenvalue weighted by molar-refractivity contribution is 6.34. The third kappa shape index (κ3) is 3.21. The zero-order valence-corrected chi connectivity index (χ0v) is 14.2. The van der Waals surface area contributed by atoms with E-state index >= 15 is 0 Å². The van der Waals surface area contributed by atoms with Crippen LogP contribution < -0.4 is 10.4 Å². The topological polar surface area (TPSA) is 39.4 Å². The van der Waals surface area contributed by atoms with Crippen LogP contribution in [0.5, 0.6) is 5.75 Å². The number of hydrogen-bond acceptors (Lipinski definition) is 3. The Kier molecular flexibility index (Phi) is 4.33. The fourth-order valence-electron chi connectivity index (χ4n) is 2.39. The SMILES string of the molecule is Cc1ccc2c(COc3cc(Cl)ccc3Cl)cc(=O)oc2c1C. The molecule has 2 aromatic carbocycles. The van der Waals surface area contributed by atoms with Crippen molar-refractivity contribution >= 4 is 34.2 Å². The zero-order valence-electron chi connectivity index (χ0n) is 12.7. The van der Waals surface area contributed by atoms with Crippen molar-refractivity contribution in [2.45, 2.75) is 20.5 Å². The van der Waals surface area contributed by atoms with E-state index in [1.165, 1.54) is 6.07 Å². The molecule has 0 spiro atoms. The summed E-state index contributed by atoms with van der Waals surface area (Å²) >= 11 is 12.0. The number of fused-ring (bicyclic) bond motifs is 1. The molecule has 1 aromatic heterocycles.